The van der Waals surface area contributed by atoms with Crippen molar-refractivity contribution in [3.8, 4) is 0 Å². The fourth-order valence-electron chi connectivity index (χ4n) is 2.32. The van der Waals surface area contributed by atoms with Crippen LogP contribution in [0.2, 0.25) is 0 Å². The normalized spacial score (nSPS) is 11.2. The summed E-state index contributed by atoms with van der Waals surface area (Å²) in [4.78, 5) is 20.0. The maximum Gasteiger partial charge on any atom is 0.236 e. The fraction of sp³-hybridized carbons (Fsp3) is 0.500. The van der Waals surface area contributed by atoms with Crippen molar-refractivity contribution in [2.45, 2.75) is 33.0 Å². The summed E-state index contributed by atoms with van der Waals surface area (Å²) in [5.74, 6) is 0.854. The predicted molar refractivity (Wildman–Crippen MR) is 87.5 cm³/mol. The Balaban J connectivity index is 1.88. The van der Waals surface area contributed by atoms with E-state index in [0.717, 1.165) is 11.4 Å². The van der Waals surface area contributed by atoms with Crippen LogP contribution in [0, 0.1) is 0 Å². The molecule has 2 aromatic heterocycles. The minimum absolute atomic E-state index is 0.0554. The first-order chi connectivity index (χ1) is 11.0. The van der Waals surface area contributed by atoms with Gasteiger partial charge in [0.15, 0.2) is 5.82 Å². The van der Waals surface area contributed by atoms with Gasteiger partial charge in [-0.1, -0.05) is 0 Å². The van der Waals surface area contributed by atoms with E-state index in [1.165, 1.54) is 0 Å². The first-order valence-corrected chi connectivity index (χ1v) is 7.67. The largest absolute Gasteiger partial charge is 0.337 e. The third-order valence-electron chi connectivity index (χ3n) is 3.61. The number of likely N-dealkylation sites (N-methyl/N-ethyl adjacent to an activating group) is 2. The van der Waals surface area contributed by atoms with Crippen molar-refractivity contribution < 1.29 is 4.79 Å². The molecule has 0 aliphatic rings. The number of nitrogens with zero attached hydrogens (tertiary/aromatic N) is 6. The molecule has 0 atom stereocenters. The van der Waals surface area contributed by atoms with Crippen LogP contribution in [0.5, 0.6) is 0 Å². The molecule has 2 rings (SSSR count). The Hall–Kier alpha value is -2.28. The van der Waals surface area contributed by atoms with Gasteiger partial charge < -0.3 is 9.47 Å². The summed E-state index contributed by atoms with van der Waals surface area (Å²) in [5, 5.41) is 8.04. The standard InChI is InChI=1S/C16H24N6O/c1-13(2)22-12-18-19-15(22)10-21(4)16(23)11-20(3)9-14-5-7-17-8-6-14/h5-8,12-13H,9-11H2,1-4H3. The molecule has 0 fully saturated rings. The lowest BCUT2D eigenvalue weighted by atomic mass is 10.2. The number of carbonyl (C=O) groups excluding carboxylic acids is 1. The molecule has 0 unspecified atom stereocenters. The van der Waals surface area contributed by atoms with Gasteiger partial charge in [-0.15, -0.1) is 10.2 Å². The highest BCUT2D eigenvalue weighted by Crippen LogP contribution is 2.09. The van der Waals surface area contributed by atoms with Gasteiger partial charge in [0, 0.05) is 32.0 Å². The Labute approximate surface area is 137 Å². The van der Waals surface area contributed by atoms with Crippen LogP contribution in [0.1, 0.15) is 31.3 Å². The minimum Gasteiger partial charge on any atom is -0.337 e. The lowest BCUT2D eigenvalue weighted by Gasteiger charge is -2.22. The molecule has 0 bridgehead atoms. The monoisotopic (exact) mass is 316 g/mol. The quantitative estimate of drug-likeness (QED) is 0.771. The third-order valence-corrected chi connectivity index (χ3v) is 3.61. The Morgan fingerprint density at radius 1 is 1.22 bits per heavy atom. The molecule has 7 heteroatoms. The van der Waals surface area contributed by atoms with Crippen molar-refractivity contribution in [1.82, 2.24) is 29.5 Å². The van der Waals surface area contributed by atoms with Gasteiger partial charge in [0.2, 0.25) is 5.91 Å². The van der Waals surface area contributed by atoms with E-state index in [1.54, 1.807) is 30.7 Å². The van der Waals surface area contributed by atoms with Gasteiger partial charge in [0.1, 0.15) is 6.33 Å². The Morgan fingerprint density at radius 2 is 1.91 bits per heavy atom. The van der Waals surface area contributed by atoms with Crippen molar-refractivity contribution in [3.05, 3.63) is 42.2 Å². The van der Waals surface area contributed by atoms with E-state index in [9.17, 15) is 4.79 Å². The molecule has 0 spiro atoms. The molecule has 0 N–H and O–H groups in total. The first-order valence-electron chi connectivity index (χ1n) is 7.67. The summed E-state index contributed by atoms with van der Waals surface area (Å²) in [7, 11) is 3.73. The van der Waals surface area contributed by atoms with E-state index < -0.39 is 0 Å². The molecule has 23 heavy (non-hydrogen) atoms. The highest BCUT2D eigenvalue weighted by molar-refractivity contribution is 5.77. The molecule has 0 radical (unpaired) electrons. The Bertz CT molecular complexity index is 625. The Kier molecular flexibility index (Phi) is 5.81. The minimum atomic E-state index is 0.0554. The average molecular weight is 316 g/mol. The number of rotatable bonds is 7. The number of aromatic nitrogens is 4. The summed E-state index contributed by atoms with van der Waals surface area (Å²) in [6, 6.07) is 4.18. The van der Waals surface area contributed by atoms with Gasteiger partial charge in [-0.25, -0.2) is 0 Å². The van der Waals surface area contributed by atoms with E-state index >= 15 is 0 Å². The molecule has 0 saturated heterocycles. The van der Waals surface area contributed by atoms with Gasteiger partial charge in [-0.05, 0) is 38.6 Å². The van der Waals surface area contributed by atoms with E-state index in [-0.39, 0.29) is 11.9 Å². The van der Waals surface area contributed by atoms with Crippen LogP contribution in [-0.4, -0.2) is 56.1 Å². The van der Waals surface area contributed by atoms with E-state index in [2.05, 4.69) is 29.0 Å². The molecular weight excluding hydrogens is 292 g/mol. The van der Waals surface area contributed by atoms with Crippen molar-refractivity contribution in [2.75, 3.05) is 20.6 Å². The molecule has 0 saturated carbocycles. The second-order valence-corrected chi connectivity index (χ2v) is 6.03. The maximum absolute atomic E-state index is 12.4. The van der Waals surface area contributed by atoms with Gasteiger partial charge >= 0.3 is 0 Å². The van der Waals surface area contributed by atoms with E-state index in [4.69, 9.17) is 0 Å². The van der Waals surface area contributed by atoms with Crippen LogP contribution >= 0.6 is 0 Å². The summed E-state index contributed by atoms with van der Waals surface area (Å²) in [6.07, 6.45) is 5.22. The Morgan fingerprint density at radius 3 is 2.57 bits per heavy atom. The second kappa shape index (κ2) is 7.82. The first kappa shape index (κ1) is 17.1. The van der Waals surface area contributed by atoms with Crippen LogP contribution in [0.25, 0.3) is 0 Å². The van der Waals surface area contributed by atoms with Crippen LogP contribution in [0.3, 0.4) is 0 Å². The number of hydrogen-bond acceptors (Lipinski definition) is 5. The molecule has 1 amide bonds. The van der Waals surface area contributed by atoms with Crippen LogP contribution in [0.4, 0.5) is 0 Å². The second-order valence-electron chi connectivity index (χ2n) is 6.03. The summed E-state index contributed by atoms with van der Waals surface area (Å²) >= 11 is 0. The van der Waals surface area contributed by atoms with Gasteiger partial charge in [0.05, 0.1) is 13.1 Å². The fourth-order valence-corrected chi connectivity index (χ4v) is 2.32. The maximum atomic E-state index is 12.4. The van der Waals surface area contributed by atoms with Crippen molar-refractivity contribution >= 4 is 5.91 Å². The predicted octanol–water partition coefficient (Wildman–Crippen LogP) is 1.34. The third kappa shape index (κ3) is 4.85. The van der Waals surface area contributed by atoms with E-state index in [1.807, 2.05) is 28.6 Å². The SMILES string of the molecule is CC(C)n1cnnc1CN(C)C(=O)CN(C)Cc1ccncc1. The van der Waals surface area contributed by atoms with Gasteiger partial charge in [-0.2, -0.15) is 0 Å². The number of amides is 1. The lowest BCUT2D eigenvalue weighted by Crippen LogP contribution is -2.36. The molecule has 0 aliphatic carbocycles. The molecule has 124 valence electrons. The zero-order chi connectivity index (χ0) is 16.8. The highest BCUT2D eigenvalue weighted by atomic mass is 16.2. The number of hydrogen-bond donors (Lipinski definition) is 0. The molecule has 0 aromatic carbocycles. The van der Waals surface area contributed by atoms with Gasteiger partial charge in [-0.3, -0.25) is 14.7 Å². The van der Waals surface area contributed by atoms with Crippen molar-refractivity contribution in [2.24, 2.45) is 0 Å². The molecule has 2 aromatic rings. The summed E-state index contributed by atoms with van der Waals surface area (Å²) in [5.41, 5.74) is 1.14. The number of carbonyl (C=O) groups is 1. The number of pyridine rings is 1. The summed E-state index contributed by atoms with van der Waals surface area (Å²) < 4.78 is 1.98. The van der Waals surface area contributed by atoms with Crippen LogP contribution < -0.4 is 0 Å². The average Bonchev–Trinajstić information content (AvgIpc) is 2.96. The smallest absolute Gasteiger partial charge is 0.236 e. The zero-order valence-electron chi connectivity index (χ0n) is 14.2. The van der Waals surface area contributed by atoms with E-state index in [0.29, 0.717) is 19.6 Å². The highest BCUT2D eigenvalue weighted by Gasteiger charge is 2.16. The molecular formula is C16H24N6O. The van der Waals surface area contributed by atoms with Crippen LogP contribution in [0.15, 0.2) is 30.9 Å². The molecule has 0 aliphatic heterocycles. The topological polar surface area (TPSA) is 67.2 Å². The zero-order valence-corrected chi connectivity index (χ0v) is 14.2. The van der Waals surface area contributed by atoms with Crippen molar-refractivity contribution in [1.29, 1.82) is 0 Å². The molecule has 2 heterocycles. The van der Waals surface area contributed by atoms with Gasteiger partial charge in [0.25, 0.3) is 0 Å². The van der Waals surface area contributed by atoms with Crippen molar-refractivity contribution in [3.63, 3.8) is 0 Å². The van der Waals surface area contributed by atoms with Crippen LogP contribution in [-0.2, 0) is 17.9 Å². The lowest BCUT2D eigenvalue weighted by molar-refractivity contribution is -0.131. The molecule has 7 nitrogen and oxygen atoms in total. The summed E-state index contributed by atoms with van der Waals surface area (Å²) in [6.45, 7) is 5.66.